The summed E-state index contributed by atoms with van der Waals surface area (Å²) in [7, 11) is 0. The number of rotatable bonds is 4. The lowest BCUT2D eigenvalue weighted by atomic mass is 10.2. The average Bonchev–Trinajstić information content (AvgIpc) is 2.81. The molecule has 0 aliphatic carbocycles. The Bertz CT molecular complexity index is 540. The van der Waals surface area contributed by atoms with Gasteiger partial charge >= 0.3 is 0 Å². The first-order valence-corrected chi connectivity index (χ1v) is 6.34. The number of nitrogens with one attached hydrogen (secondary N) is 1. The van der Waals surface area contributed by atoms with Crippen LogP contribution in [0.15, 0.2) is 35.7 Å². The second kappa shape index (κ2) is 5.64. The second-order valence-electron chi connectivity index (χ2n) is 3.75. The lowest BCUT2D eigenvalue weighted by Crippen LogP contribution is -2.26. The highest BCUT2D eigenvalue weighted by Gasteiger charge is 2.11. The third kappa shape index (κ3) is 3.07. The molecule has 18 heavy (non-hydrogen) atoms. The van der Waals surface area contributed by atoms with Gasteiger partial charge in [0.15, 0.2) is 0 Å². The van der Waals surface area contributed by atoms with Crippen LogP contribution in [0.3, 0.4) is 0 Å². The van der Waals surface area contributed by atoms with Gasteiger partial charge in [-0.05, 0) is 30.0 Å². The van der Waals surface area contributed by atoms with Crippen molar-refractivity contribution in [3.05, 3.63) is 52.0 Å². The number of phenolic OH excluding ortho intramolecular Hbond substituents is 1. The molecule has 0 aliphatic heterocycles. The number of amides is 1. The predicted molar refractivity (Wildman–Crippen MR) is 68.4 cm³/mol. The molecule has 1 aromatic carbocycles. The van der Waals surface area contributed by atoms with Gasteiger partial charge in [0.1, 0.15) is 11.6 Å². The average molecular weight is 265 g/mol. The highest BCUT2D eigenvalue weighted by Crippen LogP contribution is 2.15. The fourth-order valence-corrected chi connectivity index (χ4v) is 2.25. The topological polar surface area (TPSA) is 49.3 Å². The third-order valence-corrected chi connectivity index (χ3v) is 3.37. The third-order valence-electron chi connectivity index (χ3n) is 2.43. The fourth-order valence-electron chi connectivity index (χ4n) is 1.54. The molecular formula is C13H12FNO2S. The molecule has 94 valence electrons. The van der Waals surface area contributed by atoms with E-state index in [9.17, 15) is 9.18 Å². The molecule has 5 heteroatoms. The molecule has 0 unspecified atom stereocenters. The Morgan fingerprint density at radius 3 is 2.89 bits per heavy atom. The van der Waals surface area contributed by atoms with E-state index < -0.39 is 11.7 Å². The summed E-state index contributed by atoms with van der Waals surface area (Å²) in [5.41, 5.74) is -0.0565. The quantitative estimate of drug-likeness (QED) is 0.892. The standard InChI is InChI=1S/C13H12FNO2S/c14-12-8-9(16)3-4-11(12)13(17)15-6-5-10-2-1-7-18-10/h1-4,7-8,16H,5-6H2,(H,15,17). The van der Waals surface area contributed by atoms with E-state index in [1.807, 2.05) is 17.5 Å². The molecule has 0 saturated carbocycles. The van der Waals surface area contributed by atoms with Crippen LogP contribution >= 0.6 is 11.3 Å². The Morgan fingerprint density at radius 2 is 2.22 bits per heavy atom. The molecule has 3 nitrogen and oxygen atoms in total. The zero-order chi connectivity index (χ0) is 13.0. The van der Waals surface area contributed by atoms with Gasteiger partial charge in [-0.15, -0.1) is 11.3 Å². The normalized spacial score (nSPS) is 10.3. The van der Waals surface area contributed by atoms with Crippen LogP contribution in [0.5, 0.6) is 5.75 Å². The number of hydrogen-bond acceptors (Lipinski definition) is 3. The minimum atomic E-state index is -0.719. The monoisotopic (exact) mass is 265 g/mol. The summed E-state index contributed by atoms with van der Waals surface area (Å²) in [6, 6.07) is 7.41. The van der Waals surface area contributed by atoms with Crippen molar-refractivity contribution in [2.24, 2.45) is 0 Å². The summed E-state index contributed by atoms with van der Waals surface area (Å²) < 4.78 is 13.4. The summed E-state index contributed by atoms with van der Waals surface area (Å²) in [5, 5.41) is 13.7. The molecule has 0 radical (unpaired) electrons. The van der Waals surface area contributed by atoms with E-state index in [1.165, 1.54) is 17.0 Å². The van der Waals surface area contributed by atoms with E-state index in [-0.39, 0.29) is 11.3 Å². The van der Waals surface area contributed by atoms with E-state index in [2.05, 4.69) is 5.32 Å². The van der Waals surface area contributed by atoms with Gasteiger partial charge in [0, 0.05) is 17.5 Å². The van der Waals surface area contributed by atoms with Gasteiger partial charge < -0.3 is 10.4 Å². The van der Waals surface area contributed by atoms with Crippen molar-refractivity contribution in [1.29, 1.82) is 0 Å². The van der Waals surface area contributed by atoms with Crippen molar-refractivity contribution in [2.75, 3.05) is 6.54 Å². The molecule has 1 aromatic heterocycles. The molecule has 2 rings (SSSR count). The molecule has 1 heterocycles. The Hall–Kier alpha value is -1.88. The maximum Gasteiger partial charge on any atom is 0.254 e. The first kappa shape index (κ1) is 12.6. The van der Waals surface area contributed by atoms with Crippen LogP contribution in [-0.4, -0.2) is 17.6 Å². The minimum absolute atomic E-state index is 0.0565. The van der Waals surface area contributed by atoms with Crippen molar-refractivity contribution < 1.29 is 14.3 Å². The number of carbonyl (C=O) groups excluding carboxylic acids is 1. The first-order valence-electron chi connectivity index (χ1n) is 5.46. The van der Waals surface area contributed by atoms with E-state index in [0.717, 1.165) is 12.5 Å². The van der Waals surface area contributed by atoms with Crippen LogP contribution in [0.1, 0.15) is 15.2 Å². The van der Waals surface area contributed by atoms with Gasteiger partial charge in [-0.2, -0.15) is 0 Å². The summed E-state index contributed by atoms with van der Waals surface area (Å²) in [6.07, 6.45) is 0.725. The Balaban J connectivity index is 1.91. The van der Waals surface area contributed by atoms with Crippen molar-refractivity contribution in [3.8, 4) is 5.75 Å². The number of thiophene rings is 1. The molecule has 2 N–H and O–H groups in total. The molecule has 0 saturated heterocycles. The molecular weight excluding hydrogens is 253 g/mol. The number of hydrogen-bond donors (Lipinski definition) is 2. The number of carbonyl (C=O) groups is 1. The summed E-state index contributed by atoms with van der Waals surface area (Å²) in [5.74, 6) is -1.38. The van der Waals surface area contributed by atoms with Gasteiger partial charge in [0.2, 0.25) is 0 Å². The maximum atomic E-state index is 13.4. The van der Waals surface area contributed by atoms with Gasteiger partial charge in [-0.3, -0.25) is 4.79 Å². The lowest BCUT2D eigenvalue weighted by molar-refractivity contribution is 0.0950. The van der Waals surface area contributed by atoms with Gasteiger partial charge in [-0.1, -0.05) is 6.07 Å². The number of phenols is 1. The highest BCUT2D eigenvalue weighted by molar-refractivity contribution is 7.09. The van der Waals surface area contributed by atoms with Crippen LogP contribution in [0.4, 0.5) is 4.39 Å². The molecule has 0 aliphatic rings. The van der Waals surface area contributed by atoms with Crippen LogP contribution in [0, 0.1) is 5.82 Å². The van der Waals surface area contributed by atoms with Gasteiger partial charge in [-0.25, -0.2) is 4.39 Å². The van der Waals surface area contributed by atoms with E-state index in [0.29, 0.717) is 6.54 Å². The van der Waals surface area contributed by atoms with Crippen LogP contribution in [0.2, 0.25) is 0 Å². The molecule has 0 bridgehead atoms. The van der Waals surface area contributed by atoms with Crippen LogP contribution < -0.4 is 5.32 Å². The first-order chi connectivity index (χ1) is 8.66. The molecule has 2 aromatic rings. The van der Waals surface area contributed by atoms with Gasteiger partial charge in [0.25, 0.3) is 5.91 Å². The largest absolute Gasteiger partial charge is 0.508 e. The predicted octanol–water partition coefficient (Wildman–Crippen LogP) is 2.57. The number of benzene rings is 1. The molecule has 0 atom stereocenters. The zero-order valence-corrected chi connectivity index (χ0v) is 10.3. The summed E-state index contributed by atoms with van der Waals surface area (Å²) in [4.78, 5) is 12.8. The lowest BCUT2D eigenvalue weighted by Gasteiger charge is -2.05. The fraction of sp³-hybridized carbons (Fsp3) is 0.154. The Labute approximate surface area is 108 Å². The van der Waals surface area contributed by atoms with E-state index in [1.54, 1.807) is 11.3 Å². The zero-order valence-electron chi connectivity index (χ0n) is 9.52. The smallest absolute Gasteiger partial charge is 0.254 e. The number of aromatic hydroxyl groups is 1. The van der Waals surface area contributed by atoms with Crippen molar-refractivity contribution in [3.63, 3.8) is 0 Å². The molecule has 0 fully saturated rings. The maximum absolute atomic E-state index is 13.4. The van der Waals surface area contributed by atoms with Gasteiger partial charge in [0.05, 0.1) is 5.56 Å². The van der Waals surface area contributed by atoms with E-state index >= 15 is 0 Å². The summed E-state index contributed by atoms with van der Waals surface area (Å²) in [6.45, 7) is 0.458. The summed E-state index contributed by atoms with van der Waals surface area (Å²) >= 11 is 1.62. The second-order valence-corrected chi connectivity index (χ2v) is 4.78. The molecule has 1 amide bonds. The highest BCUT2D eigenvalue weighted by atomic mass is 32.1. The Kier molecular flexibility index (Phi) is 3.94. The van der Waals surface area contributed by atoms with Crippen molar-refractivity contribution in [2.45, 2.75) is 6.42 Å². The SMILES string of the molecule is O=C(NCCc1cccs1)c1ccc(O)cc1F. The molecule has 0 spiro atoms. The van der Waals surface area contributed by atoms with Crippen molar-refractivity contribution in [1.82, 2.24) is 5.32 Å². The van der Waals surface area contributed by atoms with Crippen LogP contribution in [-0.2, 0) is 6.42 Å². The Morgan fingerprint density at radius 1 is 1.39 bits per heavy atom. The van der Waals surface area contributed by atoms with Crippen LogP contribution in [0.25, 0.3) is 0 Å². The number of halogens is 1. The minimum Gasteiger partial charge on any atom is -0.508 e. The van der Waals surface area contributed by atoms with E-state index in [4.69, 9.17) is 5.11 Å². The van der Waals surface area contributed by atoms with Crippen molar-refractivity contribution >= 4 is 17.2 Å².